The number of benzene rings is 4. The Kier molecular flexibility index (Phi) is 15.7. The quantitative estimate of drug-likeness (QED) is 0.150. The molecule has 0 radical (unpaired) electrons. The van der Waals surface area contributed by atoms with Crippen LogP contribution in [0.3, 0.4) is 0 Å². The smallest absolute Gasteiger partial charge is 0.246 e. The van der Waals surface area contributed by atoms with E-state index >= 15 is 0 Å². The largest absolute Gasteiger partial charge is 0.368 e. The van der Waals surface area contributed by atoms with Gasteiger partial charge in [0.2, 0.25) is 29.5 Å². The average molecular weight is 747 g/mol. The molecule has 0 unspecified atom stereocenters. The molecule has 0 fully saturated rings. The van der Waals surface area contributed by atoms with E-state index in [9.17, 15) is 24.0 Å². The van der Waals surface area contributed by atoms with E-state index in [1.807, 2.05) is 121 Å². The Morgan fingerprint density at radius 3 is 1.02 bits per heavy atom. The Morgan fingerprint density at radius 2 is 0.727 bits per heavy atom. The lowest BCUT2D eigenvalue weighted by atomic mass is 9.97. The molecule has 5 amide bonds. The SMILES string of the molecule is CN(C(=O)CCCN)[C@@H](Cc1ccccc1)C(=O)N(C)[C@@H](Cc1ccccc1)C(=O)N(C)[C@@H](Cc1ccccc1)C(=O)N(C)[C@@H](Cc1ccccc1)C(N)=O. The van der Waals surface area contributed by atoms with Crippen molar-refractivity contribution in [3.63, 3.8) is 0 Å². The third-order valence-electron chi connectivity index (χ3n) is 10.2. The van der Waals surface area contributed by atoms with E-state index in [2.05, 4.69) is 0 Å². The zero-order valence-corrected chi connectivity index (χ0v) is 32.3. The molecule has 0 spiro atoms. The maximum absolute atomic E-state index is 14.9. The fraction of sp³-hybridized carbons (Fsp3) is 0.341. The first-order valence-electron chi connectivity index (χ1n) is 18.6. The minimum absolute atomic E-state index is 0.147. The third-order valence-corrected chi connectivity index (χ3v) is 10.2. The van der Waals surface area contributed by atoms with Gasteiger partial charge < -0.3 is 31.1 Å². The van der Waals surface area contributed by atoms with E-state index in [0.29, 0.717) is 13.0 Å². The van der Waals surface area contributed by atoms with Crippen LogP contribution in [-0.4, -0.2) is 108 Å². The lowest BCUT2D eigenvalue weighted by Crippen LogP contribution is -2.60. The van der Waals surface area contributed by atoms with Gasteiger partial charge in [0, 0.05) is 60.3 Å². The molecule has 0 saturated carbocycles. The van der Waals surface area contributed by atoms with Gasteiger partial charge in [0.25, 0.3) is 0 Å². The number of amides is 5. The normalized spacial score (nSPS) is 13.1. The van der Waals surface area contributed by atoms with Crippen LogP contribution >= 0.6 is 0 Å². The number of nitrogens with zero attached hydrogens (tertiary/aromatic N) is 4. The van der Waals surface area contributed by atoms with Crippen molar-refractivity contribution in [2.24, 2.45) is 11.5 Å². The van der Waals surface area contributed by atoms with Crippen molar-refractivity contribution in [3.8, 4) is 0 Å². The van der Waals surface area contributed by atoms with E-state index in [0.717, 1.165) is 22.3 Å². The number of hydrogen-bond acceptors (Lipinski definition) is 6. The summed E-state index contributed by atoms with van der Waals surface area (Å²) in [6.45, 7) is 0.335. The van der Waals surface area contributed by atoms with Gasteiger partial charge in [-0.05, 0) is 35.2 Å². The monoisotopic (exact) mass is 746 g/mol. The van der Waals surface area contributed by atoms with Crippen LogP contribution in [0.5, 0.6) is 0 Å². The number of likely N-dealkylation sites (N-methyl/N-ethyl adjacent to an activating group) is 4. The number of primary amides is 1. The van der Waals surface area contributed by atoms with Gasteiger partial charge in [-0.25, -0.2) is 0 Å². The van der Waals surface area contributed by atoms with Crippen LogP contribution in [0.2, 0.25) is 0 Å². The van der Waals surface area contributed by atoms with Crippen molar-refractivity contribution >= 4 is 29.5 Å². The summed E-state index contributed by atoms with van der Waals surface area (Å²) in [4.78, 5) is 75.9. The fourth-order valence-corrected chi connectivity index (χ4v) is 6.72. The van der Waals surface area contributed by atoms with Crippen molar-refractivity contribution in [1.82, 2.24) is 19.6 Å². The Hall–Kier alpha value is -5.81. The maximum Gasteiger partial charge on any atom is 0.246 e. The van der Waals surface area contributed by atoms with Crippen LogP contribution in [0.1, 0.15) is 35.1 Å². The number of nitrogens with two attached hydrogens (primary N) is 2. The predicted molar refractivity (Wildman–Crippen MR) is 214 cm³/mol. The molecule has 0 aromatic heterocycles. The summed E-state index contributed by atoms with van der Waals surface area (Å²) < 4.78 is 0. The van der Waals surface area contributed by atoms with E-state index in [-0.39, 0.29) is 38.0 Å². The number of carbonyl (C=O) groups excluding carboxylic acids is 5. The van der Waals surface area contributed by atoms with Gasteiger partial charge in [0.05, 0.1) is 0 Å². The van der Waals surface area contributed by atoms with Crippen molar-refractivity contribution in [2.75, 3.05) is 34.7 Å². The molecule has 0 aliphatic carbocycles. The summed E-state index contributed by atoms with van der Waals surface area (Å²) in [6.07, 6.45) is 1.37. The minimum atomic E-state index is -1.06. The standard InChI is InChI=1S/C44H54N6O5/c1-47(40(51)26-17-27-45)37(29-33-20-11-6-12-21-33)42(53)49(3)39(31-35-24-15-8-16-25-35)44(55)50(4)38(30-34-22-13-7-14-23-34)43(54)48(2)36(41(46)52)28-32-18-9-5-10-19-32/h5-16,18-25,36-39H,17,26-31,45H2,1-4H3,(H2,46,52)/t36-,37-,38-,39-/m0/s1. The van der Waals surface area contributed by atoms with Crippen LogP contribution < -0.4 is 11.5 Å². The highest BCUT2D eigenvalue weighted by atomic mass is 16.2. The maximum atomic E-state index is 14.9. The minimum Gasteiger partial charge on any atom is -0.368 e. The summed E-state index contributed by atoms with van der Waals surface area (Å²) in [5.74, 6) is -2.27. The summed E-state index contributed by atoms with van der Waals surface area (Å²) >= 11 is 0. The Morgan fingerprint density at radius 1 is 0.455 bits per heavy atom. The summed E-state index contributed by atoms with van der Waals surface area (Å²) in [5, 5.41) is 0. The van der Waals surface area contributed by atoms with Gasteiger partial charge in [-0.2, -0.15) is 0 Å². The number of hydrogen-bond donors (Lipinski definition) is 2. The predicted octanol–water partition coefficient (Wildman–Crippen LogP) is 3.49. The fourth-order valence-electron chi connectivity index (χ4n) is 6.72. The first-order chi connectivity index (χ1) is 26.4. The third kappa shape index (κ3) is 11.6. The molecule has 4 aromatic carbocycles. The van der Waals surface area contributed by atoms with Crippen molar-refractivity contribution in [3.05, 3.63) is 144 Å². The van der Waals surface area contributed by atoms with Crippen molar-refractivity contribution in [2.45, 2.75) is 62.7 Å². The molecule has 290 valence electrons. The number of rotatable bonds is 19. The molecule has 0 aliphatic heterocycles. The zero-order valence-electron chi connectivity index (χ0n) is 32.3. The average Bonchev–Trinajstić information content (AvgIpc) is 3.21. The van der Waals surface area contributed by atoms with Crippen molar-refractivity contribution < 1.29 is 24.0 Å². The molecule has 0 aliphatic rings. The second-order valence-electron chi connectivity index (χ2n) is 14.0. The highest BCUT2D eigenvalue weighted by Gasteiger charge is 2.40. The van der Waals surface area contributed by atoms with Gasteiger partial charge in [-0.1, -0.05) is 121 Å². The molecule has 0 saturated heterocycles. The van der Waals surface area contributed by atoms with Gasteiger partial charge in [0.1, 0.15) is 24.2 Å². The molecule has 4 atom stereocenters. The molecule has 4 rings (SSSR count). The Balaban J connectivity index is 1.73. The molecule has 11 nitrogen and oxygen atoms in total. The number of carbonyl (C=O) groups is 5. The van der Waals surface area contributed by atoms with E-state index in [1.54, 1.807) is 21.1 Å². The summed E-state index contributed by atoms with van der Waals surface area (Å²) in [6, 6.07) is 33.4. The van der Waals surface area contributed by atoms with E-state index < -0.39 is 47.8 Å². The van der Waals surface area contributed by atoms with Crippen LogP contribution in [-0.2, 0) is 49.7 Å². The van der Waals surface area contributed by atoms with Gasteiger partial charge in [0.15, 0.2) is 0 Å². The van der Waals surface area contributed by atoms with Crippen LogP contribution in [0.25, 0.3) is 0 Å². The summed E-state index contributed by atoms with van der Waals surface area (Å²) in [7, 11) is 6.26. The van der Waals surface area contributed by atoms with Crippen LogP contribution in [0.4, 0.5) is 0 Å². The van der Waals surface area contributed by atoms with Gasteiger partial charge >= 0.3 is 0 Å². The molecular formula is C44H54N6O5. The van der Waals surface area contributed by atoms with Crippen LogP contribution in [0.15, 0.2) is 121 Å². The van der Waals surface area contributed by atoms with E-state index in [1.165, 1.54) is 26.6 Å². The molecule has 0 bridgehead atoms. The topological polar surface area (TPSA) is 150 Å². The first kappa shape index (κ1) is 41.9. The Bertz CT molecular complexity index is 1840. The summed E-state index contributed by atoms with van der Waals surface area (Å²) in [5.41, 5.74) is 14.9. The van der Waals surface area contributed by atoms with Gasteiger partial charge in [-0.3, -0.25) is 24.0 Å². The first-order valence-corrected chi connectivity index (χ1v) is 18.6. The molecule has 4 N–H and O–H groups in total. The molecule has 11 heteroatoms. The second-order valence-corrected chi connectivity index (χ2v) is 14.0. The Labute approximate surface area is 324 Å². The van der Waals surface area contributed by atoms with Gasteiger partial charge in [-0.15, -0.1) is 0 Å². The zero-order chi connectivity index (χ0) is 39.9. The highest BCUT2D eigenvalue weighted by Crippen LogP contribution is 2.21. The van der Waals surface area contributed by atoms with Crippen molar-refractivity contribution in [1.29, 1.82) is 0 Å². The lowest BCUT2D eigenvalue weighted by Gasteiger charge is -2.39. The van der Waals surface area contributed by atoms with E-state index in [4.69, 9.17) is 11.5 Å². The van der Waals surface area contributed by atoms with Crippen LogP contribution in [0, 0.1) is 0 Å². The second kappa shape index (κ2) is 20.6. The highest BCUT2D eigenvalue weighted by molar-refractivity contribution is 5.95. The molecular weight excluding hydrogens is 693 g/mol. The lowest BCUT2D eigenvalue weighted by molar-refractivity contribution is -0.153. The molecule has 4 aromatic rings. The molecule has 0 heterocycles. The molecule has 55 heavy (non-hydrogen) atoms.